The number of rotatable bonds is 2. The monoisotopic (exact) mass is 352 g/mol. The number of aromatic hydroxyl groups is 1. The van der Waals surface area contributed by atoms with Gasteiger partial charge in [0.2, 0.25) is 0 Å². The molecule has 0 saturated carbocycles. The summed E-state index contributed by atoms with van der Waals surface area (Å²) in [5.74, 6) is -0.0349. The Kier molecular flexibility index (Phi) is 3.02. The van der Waals surface area contributed by atoms with E-state index in [0.717, 1.165) is 3.97 Å². The molecule has 0 fully saturated rings. The molecule has 5 nitrogen and oxygen atoms in total. The summed E-state index contributed by atoms with van der Waals surface area (Å²) in [6, 6.07) is 9.71. The number of hydrogen-bond donors (Lipinski definition) is 1. The summed E-state index contributed by atoms with van der Waals surface area (Å²) in [4.78, 5) is 4.18. The molecule has 0 radical (unpaired) electrons. The van der Waals surface area contributed by atoms with E-state index in [4.69, 9.17) is 0 Å². The third kappa shape index (κ3) is 1.90. The van der Waals surface area contributed by atoms with Crippen LogP contribution in [0.4, 0.5) is 0 Å². The number of aromatic nitrogens is 2. The van der Waals surface area contributed by atoms with Crippen molar-refractivity contribution >= 4 is 37.0 Å². The van der Waals surface area contributed by atoms with E-state index in [0.29, 0.717) is 9.86 Å². The van der Waals surface area contributed by atoms with Gasteiger partial charge < -0.3 is 5.11 Å². The molecule has 0 unspecified atom stereocenters. The molecule has 7 heteroatoms. The topological polar surface area (TPSA) is 72.2 Å². The molecular formula is C13H9BrN2O3S. The van der Waals surface area contributed by atoms with Gasteiger partial charge in [-0.05, 0) is 34.1 Å². The van der Waals surface area contributed by atoms with Crippen LogP contribution in [0.3, 0.4) is 0 Å². The maximum absolute atomic E-state index is 12.6. The van der Waals surface area contributed by atoms with Crippen LogP contribution in [-0.2, 0) is 10.0 Å². The summed E-state index contributed by atoms with van der Waals surface area (Å²) in [5, 5.41) is 10.1. The Balaban J connectivity index is 2.29. The quantitative estimate of drug-likeness (QED) is 0.769. The highest BCUT2D eigenvalue weighted by Crippen LogP contribution is 2.32. The van der Waals surface area contributed by atoms with Gasteiger partial charge in [-0.25, -0.2) is 17.4 Å². The standard InChI is InChI=1S/C13H9BrN2O3S/c14-12-10-6-7-16(13(10)15-8-11(12)17)20(18,19)9-4-2-1-3-5-9/h1-8,17H. The molecule has 20 heavy (non-hydrogen) atoms. The van der Waals surface area contributed by atoms with Gasteiger partial charge in [0.05, 0.1) is 15.6 Å². The van der Waals surface area contributed by atoms with Gasteiger partial charge in [-0.1, -0.05) is 18.2 Å². The molecule has 1 aromatic carbocycles. The number of benzene rings is 1. The van der Waals surface area contributed by atoms with E-state index < -0.39 is 10.0 Å². The van der Waals surface area contributed by atoms with Crippen molar-refractivity contribution in [3.63, 3.8) is 0 Å². The van der Waals surface area contributed by atoms with Crippen molar-refractivity contribution in [3.05, 3.63) is 53.3 Å². The fourth-order valence-electron chi connectivity index (χ4n) is 1.92. The van der Waals surface area contributed by atoms with Crippen LogP contribution in [0.5, 0.6) is 5.75 Å². The highest BCUT2D eigenvalue weighted by Gasteiger charge is 2.20. The molecule has 1 N–H and O–H groups in total. The smallest absolute Gasteiger partial charge is 0.269 e. The molecule has 0 aliphatic heterocycles. The molecule has 3 aromatic rings. The highest BCUT2D eigenvalue weighted by molar-refractivity contribution is 9.10. The minimum Gasteiger partial charge on any atom is -0.505 e. The van der Waals surface area contributed by atoms with E-state index in [2.05, 4.69) is 20.9 Å². The number of hydrogen-bond acceptors (Lipinski definition) is 4. The Labute approximate surface area is 123 Å². The SMILES string of the molecule is O=S(=O)(c1ccccc1)n1ccc2c(Br)c(O)cnc21. The average Bonchev–Trinajstić information content (AvgIpc) is 2.89. The van der Waals surface area contributed by atoms with Gasteiger partial charge >= 0.3 is 0 Å². The summed E-state index contributed by atoms with van der Waals surface area (Å²) in [6.07, 6.45) is 2.63. The molecule has 0 aliphatic rings. The predicted octanol–water partition coefficient (Wildman–Crippen LogP) is 2.74. The summed E-state index contributed by atoms with van der Waals surface area (Å²) in [7, 11) is -3.70. The van der Waals surface area contributed by atoms with Gasteiger partial charge in [-0.2, -0.15) is 0 Å². The first-order valence-corrected chi connectivity index (χ1v) is 7.90. The largest absolute Gasteiger partial charge is 0.505 e. The van der Waals surface area contributed by atoms with Crippen LogP contribution in [0, 0.1) is 0 Å². The van der Waals surface area contributed by atoms with Crippen LogP contribution >= 0.6 is 15.9 Å². The van der Waals surface area contributed by atoms with Crippen LogP contribution in [0.15, 0.2) is 58.2 Å². The van der Waals surface area contributed by atoms with Crippen molar-refractivity contribution in [2.24, 2.45) is 0 Å². The lowest BCUT2D eigenvalue weighted by molar-refractivity contribution is 0.470. The van der Waals surface area contributed by atoms with Gasteiger partial charge in [0.15, 0.2) is 5.65 Å². The molecule has 0 atom stereocenters. The van der Waals surface area contributed by atoms with Crippen molar-refractivity contribution in [2.45, 2.75) is 4.90 Å². The van der Waals surface area contributed by atoms with E-state index in [1.165, 1.54) is 24.5 Å². The van der Waals surface area contributed by atoms with E-state index in [1.54, 1.807) is 24.3 Å². The van der Waals surface area contributed by atoms with Gasteiger partial charge in [0, 0.05) is 11.6 Å². The molecule has 2 aromatic heterocycles. The van der Waals surface area contributed by atoms with Crippen LogP contribution in [0.1, 0.15) is 0 Å². The van der Waals surface area contributed by atoms with Crippen molar-refractivity contribution in [3.8, 4) is 5.75 Å². The lowest BCUT2D eigenvalue weighted by Gasteiger charge is -2.07. The molecule has 0 bridgehead atoms. The minimum absolute atomic E-state index is 0.0349. The zero-order valence-electron chi connectivity index (χ0n) is 10.1. The third-order valence-electron chi connectivity index (χ3n) is 2.90. The summed E-state index contributed by atoms with van der Waals surface area (Å²) >= 11 is 3.22. The van der Waals surface area contributed by atoms with Crippen LogP contribution < -0.4 is 0 Å². The second-order valence-corrected chi connectivity index (χ2v) is 6.73. The van der Waals surface area contributed by atoms with E-state index in [1.807, 2.05) is 0 Å². The van der Waals surface area contributed by atoms with E-state index >= 15 is 0 Å². The third-order valence-corrected chi connectivity index (χ3v) is 5.41. The predicted molar refractivity (Wildman–Crippen MR) is 78.1 cm³/mol. The Morgan fingerprint density at radius 2 is 1.85 bits per heavy atom. The highest BCUT2D eigenvalue weighted by atomic mass is 79.9. The van der Waals surface area contributed by atoms with Crippen molar-refractivity contribution in [1.82, 2.24) is 8.96 Å². The zero-order chi connectivity index (χ0) is 14.3. The molecule has 0 amide bonds. The van der Waals surface area contributed by atoms with Gasteiger partial charge in [0.1, 0.15) is 5.75 Å². The maximum Gasteiger partial charge on any atom is 0.269 e. The second-order valence-electron chi connectivity index (χ2n) is 4.12. The van der Waals surface area contributed by atoms with Gasteiger partial charge in [0.25, 0.3) is 10.0 Å². The number of pyridine rings is 1. The molecule has 3 rings (SSSR count). The Morgan fingerprint density at radius 3 is 2.55 bits per heavy atom. The maximum atomic E-state index is 12.6. The molecule has 0 spiro atoms. The minimum atomic E-state index is -3.70. The van der Waals surface area contributed by atoms with Crippen LogP contribution in [0.2, 0.25) is 0 Å². The Morgan fingerprint density at radius 1 is 1.15 bits per heavy atom. The number of fused-ring (bicyclic) bond motifs is 1. The number of nitrogens with zero attached hydrogens (tertiary/aromatic N) is 2. The summed E-state index contributed by atoms with van der Waals surface area (Å²) in [6.45, 7) is 0. The van der Waals surface area contributed by atoms with Gasteiger partial charge in [-0.3, -0.25) is 0 Å². The van der Waals surface area contributed by atoms with E-state index in [-0.39, 0.29) is 16.3 Å². The fraction of sp³-hybridized carbons (Fsp3) is 0. The fourth-order valence-corrected chi connectivity index (χ4v) is 3.66. The van der Waals surface area contributed by atoms with E-state index in [9.17, 15) is 13.5 Å². The molecule has 0 aliphatic carbocycles. The Hall–Kier alpha value is -1.86. The van der Waals surface area contributed by atoms with Crippen molar-refractivity contribution < 1.29 is 13.5 Å². The van der Waals surface area contributed by atoms with Crippen molar-refractivity contribution in [1.29, 1.82) is 0 Å². The van der Waals surface area contributed by atoms with Crippen LogP contribution in [-0.4, -0.2) is 22.5 Å². The average molecular weight is 353 g/mol. The van der Waals surface area contributed by atoms with Gasteiger partial charge in [-0.15, -0.1) is 0 Å². The first-order chi connectivity index (χ1) is 9.51. The normalized spacial score (nSPS) is 11.8. The Bertz CT molecular complexity index is 889. The zero-order valence-corrected chi connectivity index (χ0v) is 12.5. The number of halogens is 1. The van der Waals surface area contributed by atoms with Crippen LogP contribution in [0.25, 0.3) is 11.0 Å². The first kappa shape index (κ1) is 13.1. The first-order valence-electron chi connectivity index (χ1n) is 5.67. The summed E-state index contributed by atoms with van der Waals surface area (Å²) in [5.41, 5.74) is 0.263. The second kappa shape index (κ2) is 4.60. The lowest BCUT2D eigenvalue weighted by atomic mass is 10.3. The molecule has 0 saturated heterocycles. The molecule has 102 valence electrons. The molecule has 2 heterocycles. The molecular weight excluding hydrogens is 344 g/mol. The lowest BCUT2D eigenvalue weighted by Crippen LogP contribution is -2.12. The summed E-state index contributed by atoms with van der Waals surface area (Å²) < 4.78 is 26.6. The van der Waals surface area contributed by atoms with Crippen molar-refractivity contribution in [2.75, 3.05) is 0 Å².